The van der Waals surface area contributed by atoms with E-state index >= 15 is 0 Å². The summed E-state index contributed by atoms with van der Waals surface area (Å²) < 4.78 is 0. The first-order valence-electron chi connectivity index (χ1n) is 8.51. The van der Waals surface area contributed by atoms with Crippen LogP contribution in [0.2, 0.25) is 0 Å². The van der Waals surface area contributed by atoms with Gasteiger partial charge in [0.2, 0.25) is 0 Å². The van der Waals surface area contributed by atoms with Crippen LogP contribution in [-0.4, -0.2) is 60.6 Å². The molecule has 0 amide bonds. The molecule has 0 saturated carbocycles. The fraction of sp³-hybridized carbons (Fsp3) is 0.889. The highest BCUT2D eigenvalue weighted by atomic mass is 16.1. The summed E-state index contributed by atoms with van der Waals surface area (Å²) in [7, 11) is 0. The molecule has 0 spiro atoms. The average molecular weight is 310 g/mol. The van der Waals surface area contributed by atoms with Crippen molar-refractivity contribution in [3.05, 3.63) is 0 Å². The highest BCUT2D eigenvalue weighted by Crippen LogP contribution is 2.18. The van der Waals surface area contributed by atoms with Crippen molar-refractivity contribution in [2.45, 2.75) is 54.4 Å². The molecule has 1 fully saturated rings. The van der Waals surface area contributed by atoms with E-state index in [9.17, 15) is 9.59 Å². The molecule has 0 aliphatic carbocycles. The van der Waals surface area contributed by atoms with E-state index in [0.717, 1.165) is 39.3 Å². The summed E-state index contributed by atoms with van der Waals surface area (Å²) in [4.78, 5) is 28.7. The van der Waals surface area contributed by atoms with Gasteiger partial charge >= 0.3 is 0 Å². The van der Waals surface area contributed by atoms with Gasteiger partial charge in [-0.3, -0.25) is 9.59 Å². The molecule has 0 radical (unpaired) electrons. The Morgan fingerprint density at radius 1 is 0.682 bits per heavy atom. The maximum atomic E-state index is 12.0. The lowest BCUT2D eigenvalue weighted by Crippen LogP contribution is -2.47. The number of carbonyl (C=O) groups is 2. The smallest absolute Gasteiger partial charge is 0.139 e. The van der Waals surface area contributed by atoms with E-state index < -0.39 is 0 Å². The monoisotopic (exact) mass is 310 g/mol. The largest absolute Gasteiger partial charge is 0.300 e. The van der Waals surface area contributed by atoms with Crippen molar-refractivity contribution in [1.82, 2.24) is 9.80 Å². The molecule has 0 aromatic rings. The number of carbonyl (C=O) groups excluding carboxylic acids is 2. The first kappa shape index (κ1) is 19.3. The molecule has 4 heteroatoms. The van der Waals surface area contributed by atoms with E-state index in [1.165, 1.54) is 0 Å². The van der Waals surface area contributed by atoms with Gasteiger partial charge in [0.15, 0.2) is 0 Å². The molecule has 0 aromatic carbocycles. The number of Topliss-reactive ketones (excluding diaryl/α,β-unsaturated/α-hetero) is 2. The Bertz CT molecular complexity index is 345. The summed E-state index contributed by atoms with van der Waals surface area (Å²) in [6.07, 6.45) is 1.29. The molecule has 22 heavy (non-hydrogen) atoms. The topological polar surface area (TPSA) is 40.6 Å². The van der Waals surface area contributed by atoms with Crippen LogP contribution < -0.4 is 0 Å². The number of rotatable bonds is 6. The Labute approximate surface area is 136 Å². The van der Waals surface area contributed by atoms with Crippen LogP contribution in [0.1, 0.15) is 54.4 Å². The molecule has 0 unspecified atom stereocenters. The van der Waals surface area contributed by atoms with E-state index in [1.54, 1.807) is 0 Å². The zero-order valence-corrected chi connectivity index (χ0v) is 15.4. The molecule has 0 bridgehead atoms. The van der Waals surface area contributed by atoms with Gasteiger partial charge in [-0.1, -0.05) is 41.5 Å². The number of hydrogen-bond acceptors (Lipinski definition) is 4. The number of piperazine rings is 1. The van der Waals surface area contributed by atoms with E-state index in [1.807, 2.05) is 41.5 Å². The zero-order chi connectivity index (χ0) is 17.0. The van der Waals surface area contributed by atoms with Gasteiger partial charge in [0.05, 0.1) is 0 Å². The van der Waals surface area contributed by atoms with Gasteiger partial charge in [0.1, 0.15) is 11.6 Å². The molecule has 1 heterocycles. The Morgan fingerprint density at radius 2 is 0.955 bits per heavy atom. The molecule has 1 saturated heterocycles. The van der Waals surface area contributed by atoms with E-state index in [-0.39, 0.29) is 10.8 Å². The maximum Gasteiger partial charge on any atom is 0.139 e. The second-order valence-electron chi connectivity index (χ2n) is 8.53. The van der Waals surface area contributed by atoms with Crippen LogP contribution in [0.5, 0.6) is 0 Å². The van der Waals surface area contributed by atoms with Gasteiger partial charge in [-0.05, 0) is 0 Å². The van der Waals surface area contributed by atoms with Crippen molar-refractivity contribution in [3.8, 4) is 0 Å². The van der Waals surface area contributed by atoms with Gasteiger partial charge in [0, 0.05) is 62.9 Å². The lowest BCUT2D eigenvalue weighted by molar-refractivity contribution is -0.127. The van der Waals surface area contributed by atoms with Gasteiger partial charge in [-0.25, -0.2) is 0 Å². The lowest BCUT2D eigenvalue weighted by Gasteiger charge is -2.35. The van der Waals surface area contributed by atoms with Gasteiger partial charge in [0.25, 0.3) is 0 Å². The summed E-state index contributed by atoms with van der Waals surface area (Å²) in [5.74, 6) is 0.677. The second-order valence-corrected chi connectivity index (χ2v) is 8.53. The minimum absolute atomic E-state index is 0.227. The van der Waals surface area contributed by atoms with Crippen LogP contribution in [0.4, 0.5) is 0 Å². The summed E-state index contributed by atoms with van der Waals surface area (Å²) in [5.41, 5.74) is -0.454. The molecule has 4 nitrogen and oxygen atoms in total. The summed E-state index contributed by atoms with van der Waals surface area (Å²) >= 11 is 0. The average Bonchev–Trinajstić information content (AvgIpc) is 2.41. The van der Waals surface area contributed by atoms with Crippen LogP contribution >= 0.6 is 0 Å². The Morgan fingerprint density at radius 3 is 1.18 bits per heavy atom. The molecule has 1 rings (SSSR count). The number of hydrogen-bond donors (Lipinski definition) is 0. The van der Waals surface area contributed by atoms with Gasteiger partial charge in [-0.2, -0.15) is 0 Å². The van der Waals surface area contributed by atoms with Crippen molar-refractivity contribution in [2.75, 3.05) is 39.3 Å². The maximum absolute atomic E-state index is 12.0. The first-order chi connectivity index (χ1) is 10.00. The van der Waals surface area contributed by atoms with E-state index in [2.05, 4.69) is 9.80 Å². The van der Waals surface area contributed by atoms with Crippen molar-refractivity contribution in [3.63, 3.8) is 0 Å². The van der Waals surface area contributed by atoms with Gasteiger partial charge in [-0.15, -0.1) is 0 Å². The number of nitrogens with zero attached hydrogens (tertiary/aromatic N) is 2. The predicted molar refractivity (Wildman–Crippen MR) is 91.0 cm³/mol. The van der Waals surface area contributed by atoms with Crippen molar-refractivity contribution in [2.24, 2.45) is 10.8 Å². The van der Waals surface area contributed by atoms with E-state index in [0.29, 0.717) is 24.4 Å². The SMILES string of the molecule is CC(C)(C)C(=O)CCN1CCN(CCC(=O)C(C)(C)C)CC1. The molecule has 0 atom stereocenters. The minimum atomic E-state index is -0.227. The summed E-state index contributed by atoms with van der Waals surface area (Å²) in [6, 6.07) is 0. The van der Waals surface area contributed by atoms with Gasteiger partial charge < -0.3 is 9.80 Å². The molecular formula is C18H34N2O2. The van der Waals surface area contributed by atoms with Crippen LogP contribution in [0.3, 0.4) is 0 Å². The van der Waals surface area contributed by atoms with Crippen molar-refractivity contribution in [1.29, 1.82) is 0 Å². The quantitative estimate of drug-likeness (QED) is 0.756. The van der Waals surface area contributed by atoms with Crippen LogP contribution in [0.15, 0.2) is 0 Å². The fourth-order valence-corrected chi connectivity index (χ4v) is 2.51. The van der Waals surface area contributed by atoms with Crippen molar-refractivity contribution < 1.29 is 9.59 Å². The lowest BCUT2D eigenvalue weighted by atomic mass is 9.89. The van der Waals surface area contributed by atoms with Crippen LogP contribution in [0.25, 0.3) is 0 Å². The third-order valence-corrected chi connectivity index (χ3v) is 4.45. The highest BCUT2D eigenvalue weighted by molar-refractivity contribution is 5.84. The third kappa shape index (κ3) is 6.57. The fourth-order valence-electron chi connectivity index (χ4n) is 2.51. The molecule has 0 N–H and O–H groups in total. The number of ketones is 2. The first-order valence-corrected chi connectivity index (χ1v) is 8.51. The van der Waals surface area contributed by atoms with Crippen molar-refractivity contribution >= 4 is 11.6 Å². The second kappa shape index (κ2) is 7.69. The Hall–Kier alpha value is -0.740. The predicted octanol–water partition coefficient (Wildman–Crippen LogP) is 2.61. The Balaban J connectivity index is 2.24. The molecule has 128 valence electrons. The summed E-state index contributed by atoms with van der Waals surface area (Å²) in [5, 5.41) is 0. The third-order valence-electron chi connectivity index (χ3n) is 4.45. The minimum Gasteiger partial charge on any atom is -0.300 e. The summed E-state index contributed by atoms with van der Waals surface area (Å²) in [6.45, 7) is 17.7. The molecule has 1 aliphatic rings. The van der Waals surface area contributed by atoms with Crippen LogP contribution in [-0.2, 0) is 9.59 Å². The Kier molecular flexibility index (Phi) is 6.75. The zero-order valence-electron chi connectivity index (χ0n) is 15.4. The normalized spacial score (nSPS) is 18.5. The molecule has 0 aromatic heterocycles. The van der Waals surface area contributed by atoms with E-state index in [4.69, 9.17) is 0 Å². The molecule has 1 aliphatic heterocycles. The standard InChI is InChI=1S/C18H34N2O2/c1-17(2,3)15(21)7-9-19-11-13-20(14-12-19)10-8-16(22)18(4,5)6/h7-14H2,1-6H3. The molecular weight excluding hydrogens is 276 g/mol. The highest BCUT2D eigenvalue weighted by Gasteiger charge is 2.24. The van der Waals surface area contributed by atoms with Crippen LogP contribution in [0, 0.1) is 10.8 Å².